The van der Waals surface area contributed by atoms with Crippen LogP contribution in [0.3, 0.4) is 0 Å². The minimum atomic E-state index is -0.917. The Morgan fingerprint density at radius 2 is 1.61 bits per heavy atom. The molecule has 1 N–H and O–H groups in total. The van der Waals surface area contributed by atoms with Crippen molar-refractivity contribution in [1.82, 2.24) is 4.57 Å². The molecule has 0 radical (unpaired) electrons. The Kier molecular flexibility index (Phi) is 8.24. The number of nitrogens with zero attached hydrogens (tertiary/aromatic N) is 2. The molecule has 36 heavy (non-hydrogen) atoms. The third kappa shape index (κ3) is 6.24. The highest BCUT2D eigenvalue weighted by Gasteiger charge is 2.16. The molecule has 1 heterocycles. The van der Waals surface area contributed by atoms with Crippen molar-refractivity contribution >= 4 is 22.6 Å². The summed E-state index contributed by atoms with van der Waals surface area (Å²) >= 11 is 0. The Hall–Kier alpha value is -4.26. The number of rotatable bonds is 12. The molecule has 186 valence electrons. The summed E-state index contributed by atoms with van der Waals surface area (Å²) in [5.41, 5.74) is 4.44. The fourth-order valence-electron chi connectivity index (χ4n) is 4.08. The lowest BCUT2D eigenvalue weighted by atomic mass is 10.1. The van der Waals surface area contributed by atoms with E-state index in [2.05, 4.69) is 40.2 Å². The Bertz CT molecular complexity index is 1340. The van der Waals surface area contributed by atoms with Gasteiger partial charge in [-0.2, -0.15) is 0 Å². The summed E-state index contributed by atoms with van der Waals surface area (Å²) in [6, 6.07) is 23.7. The van der Waals surface area contributed by atoms with Crippen LogP contribution in [0.5, 0.6) is 11.5 Å². The monoisotopic (exact) mass is 486 g/mol. The molecular formula is C29H30N2O5. The van der Waals surface area contributed by atoms with E-state index in [1.54, 1.807) is 18.2 Å². The summed E-state index contributed by atoms with van der Waals surface area (Å²) in [7, 11) is 0. The molecule has 0 amide bonds. The van der Waals surface area contributed by atoms with Crippen molar-refractivity contribution in [3.63, 3.8) is 0 Å². The Morgan fingerprint density at radius 3 is 2.33 bits per heavy atom. The first-order valence-electron chi connectivity index (χ1n) is 12.0. The molecule has 0 aliphatic carbocycles. The van der Waals surface area contributed by atoms with Gasteiger partial charge in [0.15, 0.2) is 0 Å². The van der Waals surface area contributed by atoms with Gasteiger partial charge in [0.2, 0.25) is 0 Å². The van der Waals surface area contributed by atoms with Crippen LogP contribution >= 0.6 is 0 Å². The predicted octanol–water partition coefficient (Wildman–Crippen LogP) is 5.54. The fourth-order valence-corrected chi connectivity index (χ4v) is 4.08. The first-order chi connectivity index (χ1) is 17.6. The lowest BCUT2D eigenvalue weighted by Crippen LogP contribution is -2.14. The zero-order valence-corrected chi connectivity index (χ0v) is 20.5. The summed E-state index contributed by atoms with van der Waals surface area (Å²) < 4.78 is 13.9. The van der Waals surface area contributed by atoms with Gasteiger partial charge in [0.05, 0.1) is 13.0 Å². The van der Waals surface area contributed by atoms with Crippen molar-refractivity contribution < 1.29 is 24.2 Å². The lowest BCUT2D eigenvalue weighted by Gasteiger charge is -2.12. The lowest BCUT2D eigenvalue weighted by molar-refractivity contribution is -0.136. The van der Waals surface area contributed by atoms with Crippen molar-refractivity contribution in [2.24, 2.45) is 5.16 Å². The van der Waals surface area contributed by atoms with Gasteiger partial charge in [0, 0.05) is 35.3 Å². The van der Waals surface area contributed by atoms with Crippen LogP contribution in [0.2, 0.25) is 0 Å². The van der Waals surface area contributed by atoms with Gasteiger partial charge in [-0.3, -0.25) is 4.79 Å². The summed E-state index contributed by atoms with van der Waals surface area (Å²) in [5, 5.41) is 14.7. The third-order valence-electron chi connectivity index (χ3n) is 5.58. The zero-order chi connectivity index (χ0) is 25.3. The van der Waals surface area contributed by atoms with Gasteiger partial charge in [-0.15, -0.1) is 0 Å². The van der Waals surface area contributed by atoms with Crippen molar-refractivity contribution in [3.8, 4) is 11.5 Å². The maximum absolute atomic E-state index is 11.3. The van der Waals surface area contributed by atoms with Gasteiger partial charge >= 0.3 is 5.97 Å². The molecule has 0 spiro atoms. The normalized spacial score (nSPS) is 11.4. The second-order valence-corrected chi connectivity index (χ2v) is 8.23. The topological polar surface area (TPSA) is 82.3 Å². The van der Waals surface area contributed by atoms with Crippen LogP contribution in [-0.2, 0) is 22.6 Å². The molecule has 7 heteroatoms. The van der Waals surface area contributed by atoms with Crippen LogP contribution in [-0.4, -0.2) is 41.2 Å². The van der Waals surface area contributed by atoms with Crippen LogP contribution in [0.15, 0.2) is 84.1 Å². The van der Waals surface area contributed by atoms with E-state index in [0.29, 0.717) is 36.0 Å². The Labute approximate surface area is 210 Å². The molecule has 0 aliphatic rings. The number of hydrogen-bond donors (Lipinski definition) is 1. The third-order valence-corrected chi connectivity index (χ3v) is 5.58. The molecule has 4 rings (SSSR count). The number of aromatic nitrogens is 1. The number of aliphatic carboxylic acids is 1. The highest BCUT2D eigenvalue weighted by molar-refractivity contribution is 6.11. The molecule has 0 saturated carbocycles. The quantitative estimate of drug-likeness (QED) is 0.210. The smallest absolute Gasteiger partial charge is 0.307 e. The van der Waals surface area contributed by atoms with E-state index >= 15 is 0 Å². The molecular weight excluding hydrogens is 456 g/mol. The van der Waals surface area contributed by atoms with Crippen LogP contribution in [0.4, 0.5) is 0 Å². The van der Waals surface area contributed by atoms with E-state index < -0.39 is 5.97 Å². The van der Waals surface area contributed by atoms with E-state index in [1.807, 2.05) is 44.2 Å². The van der Waals surface area contributed by atoms with Gasteiger partial charge in [0.25, 0.3) is 0 Å². The summed E-state index contributed by atoms with van der Waals surface area (Å²) in [4.78, 5) is 16.7. The molecule has 0 fully saturated rings. The molecule has 0 bridgehead atoms. The van der Waals surface area contributed by atoms with Crippen LogP contribution < -0.4 is 9.47 Å². The van der Waals surface area contributed by atoms with E-state index in [-0.39, 0.29) is 13.0 Å². The molecule has 0 aliphatic heterocycles. The summed E-state index contributed by atoms with van der Waals surface area (Å²) in [6.45, 7) is 5.51. The maximum atomic E-state index is 11.3. The van der Waals surface area contributed by atoms with Crippen molar-refractivity contribution in [2.75, 3.05) is 19.8 Å². The maximum Gasteiger partial charge on any atom is 0.307 e. The summed E-state index contributed by atoms with van der Waals surface area (Å²) in [6.07, 6.45) is 1.95. The highest BCUT2D eigenvalue weighted by atomic mass is 16.6. The number of carboxylic acids is 1. The molecule has 4 aromatic rings. The van der Waals surface area contributed by atoms with Crippen LogP contribution in [0, 0.1) is 0 Å². The molecule has 1 aromatic heterocycles. The first kappa shape index (κ1) is 24.9. The van der Waals surface area contributed by atoms with Crippen molar-refractivity contribution in [2.45, 2.75) is 26.8 Å². The summed E-state index contributed by atoms with van der Waals surface area (Å²) in [5.74, 6) is 0.155. The molecule has 0 saturated heterocycles. The number of fused-ring (bicyclic) bond motifs is 1. The minimum Gasteiger partial charge on any atom is -0.494 e. The largest absolute Gasteiger partial charge is 0.494 e. The molecule has 0 atom stereocenters. The van der Waals surface area contributed by atoms with Gasteiger partial charge in [-0.1, -0.05) is 53.7 Å². The highest BCUT2D eigenvalue weighted by Crippen LogP contribution is 2.26. The zero-order valence-electron chi connectivity index (χ0n) is 20.5. The van der Waals surface area contributed by atoms with Gasteiger partial charge < -0.3 is 24.0 Å². The second-order valence-electron chi connectivity index (χ2n) is 8.23. The number of hydrogen-bond acceptors (Lipinski definition) is 5. The molecule has 0 unspecified atom stereocenters. The molecule has 7 nitrogen and oxygen atoms in total. The minimum absolute atomic E-state index is 0.121. The predicted molar refractivity (Wildman–Crippen MR) is 140 cm³/mol. The van der Waals surface area contributed by atoms with E-state index in [0.717, 1.165) is 23.0 Å². The van der Waals surface area contributed by atoms with Crippen LogP contribution in [0.1, 0.15) is 30.5 Å². The van der Waals surface area contributed by atoms with E-state index in [1.165, 1.54) is 5.56 Å². The number of benzene rings is 3. The standard InChI is InChI=1S/C29H30N2O5/c1-3-34-23-14-22(16-29(32)33)15-24(17-23)35-20-27(30-36-4-2)26-19-31(18-21-10-6-5-7-11-21)28-13-9-8-12-25(26)28/h5-15,17,19H,3-4,16,18,20H2,1-2H3,(H,32,33)/b30-27+. The molecule has 3 aromatic carbocycles. The number of ether oxygens (including phenoxy) is 2. The van der Waals surface area contributed by atoms with Crippen LogP contribution in [0.25, 0.3) is 10.9 Å². The van der Waals surface area contributed by atoms with E-state index in [4.69, 9.17) is 14.3 Å². The second kappa shape index (κ2) is 11.9. The number of para-hydroxylation sites is 1. The van der Waals surface area contributed by atoms with Crippen molar-refractivity contribution in [1.29, 1.82) is 0 Å². The SMILES string of the molecule is CCO/N=C(\COc1cc(CC(=O)O)cc(OCC)c1)c1cn(Cc2ccccc2)c2ccccc12. The number of carboxylic acid groups (broad SMARTS) is 1. The fraction of sp³-hybridized carbons (Fsp3) is 0.241. The average Bonchev–Trinajstić information content (AvgIpc) is 3.23. The average molecular weight is 487 g/mol. The first-order valence-corrected chi connectivity index (χ1v) is 12.0. The Balaban J connectivity index is 1.65. The number of oxime groups is 1. The van der Waals surface area contributed by atoms with E-state index in [9.17, 15) is 9.90 Å². The van der Waals surface area contributed by atoms with Gasteiger partial charge in [-0.05, 0) is 43.2 Å². The Morgan fingerprint density at radius 1 is 0.889 bits per heavy atom. The van der Waals surface area contributed by atoms with Gasteiger partial charge in [0.1, 0.15) is 30.4 Å². The number of carbonyl (C=O) groups is 1. The van der Waals surface area contributed by atoms with Crippen molar-refractivity contribution in [3.05, 3.63) is 95.7 Å². The van der Waals surface area contributed by atoms with Gasteiger partial charge in [-0.25, -0.2) is 0 Å².